The quantitative estimate of drug-likeness (QED) is 0.305. The molecule has 2 aliphatic rings. The molecule has 0 aromatic heterocycles. The van der Waals surface area contributed by atoms with E-state index >= 15 is 0 Å². The minimum Gasteiger partial charge on any atom is -0.548 e. The number of phenolic OH excluding ortho intramolecular Hbond substituents is 1. The molecule has 9 nitrogen and oxygen atoms in total. The van der Waals surface area contributed by atoms with E-state index in [4.69, 9.17) is 0 Å². The van der Waals surface area contributed by atoms with Gasteiger partial charge in [-0.2, -0.15) is 0 Å². The number of amides is 3. The fourth-order valence-electron chi connectivity index (χ4n) is 3.68. The van der Waals surface area contributed by atoms with Crippen LogP contribution < -0.4 is 45.3 Å². The Hall–Kier alpha value is -1.75. The summed E-state index contributed by atoms with van der Waals surface area (Å²) in [7, 11) is 0. The third kappa shape index (κ3) is 4.93. The Labute approximate surface area is 213 Å². The second-order valence-corrected chi connectivity index (χ2v) is 11.1. The van der Waals surface area contributed by atoms with E-state index in [1.807, 2.05) is 0 Å². The Kier molecular flexibility index (Phi) is 7.66. The van der Waals surface area contributed by atoms with Gasteiger partial charge in [0.15, 0.2) is 0 Å². The molecule has 11 heteroatoms. The van der Waals surface area contributed by atoms with E-state index in [2.05, 4.69) is 10.6 Å². The summed E-state index contributed by atoms with van der Waals surface area (Å²) in [5, 5.41) is 25.9. The molecule has 3 rings (SSSR count). The molecule has 1 aromatic rings. The van der Waals surface area contributed by atoms with Crippen LogP contribution in [0.25, 0.3) is 0 Å². The third-order valence-corrected chi connectivity index (χ3v) is 6.98. The number of aliphatic carboxylic acids is 1. The largest absolute Gasteiger partial charge is 1.00 e. The van der Waals surface area contributed by atoms with Gasteiger partial charge < -0.3 is 30.5 Å². The number of thioether (sulfide) groups is 1. The number of aromatic hydroxyl groups is 1. The SMILES string of the molecule is CC(C)(C)C(=O)N[C@@H](C(=O)N[C@@H]1C(=O)N2[C@@H]1SC(C)(C)[C@@H]2C(=O)[O-])c1ccc(O)cc1.[Na+]. The van der Waals surface area contributed by atoms with Gasteiger partial charge in [0.1, 0.15) is 23.2 Å². The average molecular weight is 472 g/mol. The number of carbonyl (C=O) groups excluding carboxylic acids is 4. The van der Waals surface area contributed by atoms with Crippen LogP contribution in [-0.2, 0) is 19.2 Å². The number of rotatable bonds is 5. The summed E-state index contributed by atoms with van der Waals surface area (Å²) >= 11 is 1.28. The maximum atomic E-state index is 13.1. The summed E-state index contributed by atoms with van der Waals surface area (Å²) in [5.74, 6) is -2.80. The van der Waals surface area contributed by atoms with Gasteiger partial charge in [-0.15, -0.1) is 11.8 Å². The van der Waals surface area contributed by atoms with Gasteiger partial charge in [0.2, 0.25) is 17.7 Å². The molecule has 168 valence electrons. The zero-order valence-electron chi connectivity index (χ0n) is 19.0. The molecule has 2 aliphatic heterocycles. The summed E-state index contributed by atoms with van der Waals surface area (Å²) in [6.45, 7) is 8.55. The van der Waals surface area contributed by atoms with Crippen molar-refractivity contribution in [2.24, 2.45) is 5.41 Å². The molecular weight excluding hydrogens is 445 g/mol. The minimum absolute atomic E-state index is 0. The van der Waals surface area contributed by atoms with Crippen molar-refractivity contribution < 1.29 is 58.9 Å². The fraction of sp³-hybridized carbons (Fsp3) is 0.524. The molecule has 0 spiro atoms. The van der Waals surface area contributed by atoms with Crippen LogP contribution in [0.5, 0.6) is 5.75 Å². The maximum absolute atomic E-state index is 13.1. The Morgan fingerprint density at radius 1 is 1.19 bits per heavy atom. The zero-order chi connectivity index (χ0) is 23.3. The molecule has 0 radical (unpaired) electrons. The molecule has 0 unspecified atom stereocenters. The topological polar surface area (TPSA) is 139 Å². The fourth-order valence-corrected chi connectivity index (χ4v) is 5.30. The summed E-state index contributed by atoms with van der Waals surface area (Å²) in [5.41, 5.74) is -0.325. The van der Waals surface area contributed by atoms with E-state index in [9.17, 15) is 29.4 Å². The molecule has 3 N–H and O–H groups in total. The van der Waals surface area contributed by atoms with Crippen molar-refractivity contribution in [3.8, 4) is 5.75 Å². The zero-order valence-corrected chi connectivity index (χ0v) is 21.8. The number of carboxylic acid groups (broad SMARTS) is 1. The number of fused-ring (bicyclic) bond motifs is 1. The Morgan fingerprint density at radius 3 is 2.25 bits per heavy atom. The monoisotopic (exact) mass is 471 g/mol. The number of nitrogens with zero attached hydrogens (tertiary/aromatic N) is 1. The van der Waals surface area contributed by atoms with E-state index in [0.717, 1.165) is 0 Å². The van der Waals surface area contributed by atoms with Crippen molar-refractivity contribution in [1.82, 2.24) is 15.5 Å². The molecule has 2 heterocycles. The first-order valence-corrected chi connectivity index (χ1v) is 10.7. The molecule has 3 amide bonds. The summed E-state index contributed by atoms with van der Waals surface area (Å²) in [4.78, 5) is 51.1. The standard InChI is InChI=1S/C21H27N3O6S.Na/c1-20(2,3)19(30)23-12(10-6-8-11(25)9-7-10)15(26)22-13-16(27)24-14(18(28)29)21(4,5)31-17(13)24;/h6-9,12-14,17,25H,1-5H3,(H,22,26)(H,23,30)(H,28,29);/q;+1/p-1/t12-,13-,14+,17-;/m1./s1. The van der Waals surface area contributed by atoms with Crippen molar-refractivity contribution in [3.63, 3.8) is 0 Å². The molecule has 0 aliphatic carbocycles. The van der Waals surface area contributed by atoms with Crippen LogP contribution >= 0.6 is 11.8 Å². The normalized spacial score (nSPS) is 24.5. The number of hydrogen-bond acceptors (Lipinski definition) is 7. The molecule has 0 bridgehead atoms. The molecule has 1 aromatic carbocycles. The van der Waals surface area contributed by atoms with E-state index < -0.39 is 51.4 Å². The Morgan fingerprint density at radius 2 is 1.75 bits per heavy atom. The first-order chi connectivity index (χ1) is 14.2. The van der Waals surface area contributed by atoms with Crippen LogP contribution in [0.4, 0.5) is 0 Å². The number of benzene rings is 1. The third-order valence-electron chi connectivity index (χ3n) is 5.41. The maximum Gasteiger partial charge on any atom is 1.00 e. The van der Waals surface area contributed by atoms with Gasteiger partial charge in [-0.1, -0.05) is 32.9 Å². The van der Waals surface area contributed by atoms with Crippen molar-refractivity contribution in [2.45, 2.75) is 62.9 Å². The van der Waals surface area contributed by atoms with Gasteiger partial charge in [-0.25, -0.2) is 0 Å². The first-order valence-electron chi connectivity index (χ1n) is 9.85. The van der Waals surface area contributed by atoms with E-state index in [1.54, 1.807) is 34.6 Å². The van der Waals surface area contributed by atoms with Crippen LogP contribution in [0, 0.1) is 5.41 Å². The minimum atomic E-state index is -1.34. The first kappa shape index (κ1) is 26.5. The Balaban J connectivity index is 0.00000363. The van der Waals surface area contributed by atoms with Gasteiger partial charge >= 0.3 is 29.6 Å². The van der Waals surface area contributed by atoms with Gasteiger partial charge in [-0.05, 0) is 31.5 Å². The predicted molar refractivity (Wildman–Crippen MR) is 111 cm³/mol. The smallest absolute Gasteiger partial charge is 0.548 e. The molecule has 2 saturated heterocycles. The van der Waals surface area contributed by atoms with Crippen molar-refractivity contribution in [2.75, 3.05) is 0 Å². The predicted octanol–water partition coefficient (Wildman–Crippen LogP) is -3.10. The number of carbonyl (C=O) groups is 4. The molecule has 32 heavy (non-hydrogen) atoms. The van der Waals surface area contributed by atoms with Gasteiger partial charge in [0.05, 0.1) is 12.0 Å². The summed E-state index contributed by atoms with van der Waals surface area (Å²) < 4.78 is -0.768. The van der Waals surface area contributed by atoms with Gasteiger partial charge in [0.25, 0.3) is 0 Å². The van der Waals surface area contributed by atoms with Crippen LogP contribution in [0.15, 0.2) is 24.3 Å². The van der Waals surface area contributed by atoms with Gasteiger partial charge in [0, 0.05) is 10.2 Å². The van der Waals surface area contributed by atoms with Crippen LogP contribution in [0.3, 0.4) is 0 Å². The van der Waals surface area contributed by atoms with E-state index in [1.165, 1.54) is 40.9 Å². The Bertz CT molecular complexity index is 930. The summed E-state index contributed by atoms with van der Waals surface area (Å²) in [6.07, 6.45) is 0. The second kappa shape index (κ2) is 9.24. The molecular formula is C21H26N3NaO6S. The van der Waals surface area contributed by atoms with Crippen molar-refractivity contribution in [1.29, 1.82) is 0 Å². The van der Waals surface area contributed by atoms with E-state index in [0.29, 0.717) is 5.56 Å². The van der Waals surface area contributed by atoms with Gasteiger partial charge in [-0.3, -0.25) is 14.4 Å². The van der Waals surface area contributed by atoms with Crippen LogP contribution in [0.1, 0.15) is 46.2 Å². The number of carboxylic acids is 1. The number of phenols is 1. The average Bonchev–Trinajstić information content (AvgIpc) is 2.92. The van der Waals surface area contributed by atoms with Crippen LogP contribution in [0.2, 0.25) is 0 Å². The molecule has 2 fully saturated rings. The van der Waals surface area contributed by atoms with E-state index in [-0.39, 0.29) is 41.2 Å². The van der Waals surface area contributed by atoms with Crippen molar-refractivity contribution in [3.05, 3.63) is 29.8 Å². The summed E-state index contributed by atoms with van der Waals surface area (Å²) in [6, 6.07) is 2.73. The molecule has 0 saturated carbocycles. The molecule has 4 atom stereocenters. The number of nitrogens with one attached hydrogen (secondary N) is 2. The number of β-lactam (4-membered cyclic amide) rings is 1. The van der Waals surface area contributed by atoms with Crippen LogP contribution in [-0.4, -0.2) is 55.9 Å². The van der Waals surface area contributed by atoms with Crippen molar-refractivity contribution >= 4 is 35.5 Å². The second-order valence-electron chi connectivity index (χ2n) is 9.31. The number of hydrogen-bond donors (Lipinski definition) is 3.